The van der Waals surface area contributed by atoms with Gasteiger partial charge in [-0.05, 0) is 6.42 Å². The van der Waals surface area contributed by atoms with Crippen LogP contribution in [0.5, 0.6) is 0 Å². The second-order valence-corrected chi connectivity index (χ2v) is 5.33. The van der Waals surface area contributed by atoms with Crippen LogP contribution in [0.1, 0.15) is 71.1 Å². The van der Waals surface area contributed by atoms with Crippen LogP contribution < -0.4 is 0 Å². The summed E-state index contributed by atoms with van der Waals surface area (Å²) < 4.78 is 0. The zero-order valence-electron chi connectivity index (χ0n) is 10.4. The van der Waals surface area contributed by atoms with Crippen LogP contribution in [0, 0.1) is 0 Å². The molecular formula is C13H24BrNO. The minimum Gasteiger partial charge on any atom is -0.211 e. The highest BCUT2D eigenvalue weighted by molar-refractivity contribution is 9.09. The van der Waals surface area contributed by atoms with Gasteiger partial charge in [0, 0.05) is 0 Å². The van der Waals surface area contributed by atoms with Gasteiger partial charge in [0.05, 0.1) is 0 Å². The van der Waals surface area contributed by atoms with Gasteiger partial charge in [-0.25, -0.2) is 4.79 Å². The van der Waals surface area contributed by atoms with Crippen molar-refractivity contribution in [3.63, 3.8) is 0 Å². The Morgan fingerprint density at radius 1 is 1.00 bits per heavy atom. The smallest absolute Gasteiger partial charge is 0.211 e. The van der Waals surface area contributed by atoms with Gasteiger partial charge in [0.25, 0.3) is 0 Å². The first kappa shape index (κ1) is 15.9. The molecule has 0 heterocycles. The van der Waals surface area contributed by atoms with E-state index in [1.807, 2.05) is 0 Å². The molecular weight excluding hydrogens is 266 g/mol. The molecule has 94 valence electrons. The maximum Gasteiger partial charge on any atom is 0.236 e. The van der Waals surface area contributed by atoms with E-state index >= 15 is 0 Å². The third-order valence-corrected chi connectivity index (χ3v) is 3.40. The van der Waals surface area contributed by atoms with Crippen molar-refractivity contribution >= 4 is 22.0 Å². The molecule has 0 aromatic heterocycles. The second-order valence-electron chi connectivity index (χ2n) is 4.27. The molecule has 0 amide bonds. The van der Waals surface area contributed by atoms with Crippen molar-refractivity contribution in [2.24, 2.45) is 4.99 Å². The largest absolute Gasteiger partial charge is 0.236 e. The third kappa shape index (κ3) is 11.9. The summed E-state index contributed by atoms with van der Waals surface area (Å²) in [5.41, 5.74) is 0. The highest BCUT2D eigenvalue weighted by Crippen LogP contribution is 2.14. The number of unbranched alkanes of at least 4 members (excludes halogenated alkanes) is 8. The van der Waals surface area contributed by atoms with E-state index in [0.29, 0.717) is 0 Å². The lowest BCUT2D eigenvalue weighted by atomic mass is 10.1. The fraction of sp³-hybridized carbons (Fsp3) is 0.923. The van der Waals surface area contributed by atoms with Crippen LogP contribution >= 0.6 is 15.9 Å². The zero-order chi connectivity index (χ0) is 12.1. The van der Waals surface area contributed by atoms with Gasteiger partial charge in [-0.3, -0.25) is 0 Å². The van der Waals surface area contributed by atoms with Crippen LogP contribution in [0.4, 0.5) is 0 Å². The Morgan fingerprint density at radius 3 is 2.00 bits per heavy atom. The summed E-state index contributed by atoms with van der Waals surface area (Å²) in [7, 11) is 0. The van der Waals surface area contributed by atoms with Crippen molar-refractivity contribution in [2.45, 2.75) is 76.1 Å². The lowest BCUT2D eigenvalue weighted by molar-refractivity contribution is 0.549. The Balaban J connectivity index is 3.06. The van der Waals surface area contributed by atoms with Crippen molar-refractivity contribution in [1.29, 1.82) is 0 Å². The fourth-order valence-corrected chi connectivity index (χ4v) is 2.15. The van der Waals surface area contributed by atoms with E-state index in [-0.39, 0.29) is 4.95 Å². The quantitative estimate of drug-likeness (QED) is 0.174. The number of rotatable bonds is 11. The Bertz CT molecular complexity index is 190. The van der Waals surface area contributed by atoms with Crippen molar-refractivity contribution in [2.75, 3.05) is 0 Å². The number of isocyanates is 1. The van der Waals surface area contributed by atoms with Crippen LogP contribution in [0.2, 0.25) is 0 Å². The number of hydrogen-bond acceptors (Lipinski definition) is 2. The summed E-state index contributed by atoms with van der Waals surface area (Å²) in [5.74, 6) is 0. The maximum atomic E-state index is 9.95. The van der Waals surface area contributed by atoms with E-state index < -0.39 is 0 Å². The van der Waals surface area contributed by atoms with Gasteiger partial charge >= 0.3 is 0 Å². The minimum atomic E-state index is -0.0189. The first-order chi connectivity index (χ1) is 7.81. The number of nitrogens with zero attached hydrogens (tertiary/aromatic N) is 1. The molecule has 0 aliphatic heterocycles. The molecule has 0 aromatic carbocycles. The number of halogens is 1. The fourth-order valence-electron chi connectivity index (χ4n) is 1.75. The molecule has 1 atom stereocenters. The zero-order valence-corrected chi connectivity index (χ0v) is 12.0. The first-order valence-corrected chi connectivity index (χ1v) is 7.44. The third-order valence-electron chi connectivity index (χ3n) is 2.74. The molecule has 0 spiro atoms. The Morgan fingerprint density at radius 2 is 1.50 bits per heavy atom. The van der Waals surface area contributed by atoms with Crippen LogP contribution in [-0.2, 0) is 4.79 Å². The van der Waals surface area contributed by atoms with Gasteiger partial charge in [0.15, 0.2) is 0 Å². The summed E-state index contributed by atoms with van der Waals surface area (Å²) in [6.45, 7) is 2.25. The molecule has 3 heteroatoms. The molecule has 0 aliphatic carbocycles. The maximum absolute atomic E-state index is 9.95. The van der Waals surface area contributed by atoms with E-state index in [4.69, 9.17) is 0 Å². The van der Waals surface area contributed by atoms with Crippen LogP contribution in [0.25, 0.3) is 0 Å². The Kier molecular flexibility index (Phi) is 12.8. The molecule has 2 nitrogen and oxygen atoms in total. The normalized spacial score (nSPS) is 12.1. The minimum absolute atomic E-state index is 0.0189. The highest BCUT2D eigenvalue weighted by Gasteiger charge is 1.99. The SMILES string of the molecule is CCCCCCCCCCCC(Br)N=C=O. The molecule has 16 heavy (non-hydrogen) atoms. The molecule has 0 aliphatic rings. The van der Waals surface area contributed by atoms with Gasteiger partial charge < -0.3 is 0 Å². The number of aliphatic imine (C=N–C) groups is 1. The molecule has 0 bridgehead atoms. The summed E-state index contributed by atoms with van der Waals surface area (Å²) >= 11 is 3.32. The monoisotopic (exact) mass is 289 g/mol. The van der Waals surface area contributed by atoms with Gasteiger partial charge in [0.2, 0.25) is 6.08 Å². The number of hydrogen-bond donors (Lipinski definition) is 0. The van der Waals surface area contributed by atoms with Crippen LogP contribution in [0.3, 0.4) is 0 Å². The lowest BCUT2D eigenvalue weighted by Crippen LogP contribution is -1.92. The summed E-state index contributed by atoms with van der Waals surface area (Å²) in [6, 6.07) is 0. The molecule has 0 rings (SSSR count). The predicted molar refractivity (Wildman–Crippen MR) is 72.7 cm³/mol. The Hall–Kier alpha value is -0.140. The molecule has 0 radical (unpaired) electrons. The van der Waals surface area contributed by atoms with Gasteiger partial charge in [-0.15, -0.1) is 0 Å². The van der Waals surface area contributed by atoms with E-state index in [0.717, 1.165) is 12.8 Å². The molecule has 0 aromatic rings. The molecule has 0 saturated heterocycles. The van der Waals surface area contributed by atoms with E-state index in [1.165, 1.54) is 51.4 Å². The van der Waals surface area contributed by atoms with Crippen LogP contribution in [0.15, 0.2) is 4.99 Å². The second kappa shape index (κ2) is 12.9. The predicted octanol–water partition coefficient (Wildman–Crippen LogP) is 4.96. The standard InChI is InChI=1S/C13H24BrNO/c1-2-3-4-5-6-7-8-9-10-11-13(14)15-12-16/h13H,2-11H2,1H3. The van der Waals surface area contributed by atoms with Crippen LogP contribution in [-0.4, -0.2) is 11.0 Å². The van der Waals surface area contributed by atoms with Gasteiger partial charge in [-0.1, -0.05) is 80.6 Å². The van der Waals surface area contributed by atoms with Gasteiger partial charge in [0.1, 0.15) is 4.95 Å². The molecule has 1 unspecified atom stereocenters. The summed E-state index contributed by atoms with van der Waals surface area (Å²) in [5, 5.41) is 0. The summed E-state index contributed by atoms with van der Waals surface area (Å²) in [6.07, 6.45) is 14.5. The van der Waals surface area contributed by atoms with Crippen molar-refractivity contribution in [3.05, 3.63) is 0 Å². The average molecular weight is 290 g/mol. The molecule has 0 N–H and O–H groups in total. The van der Waals surface area contributed by atoms with E-state index in [2.05, 4.69) is 27.8 Å². The summed E-state index contributed by atoms with van der Waals surface area (Å²) in [4.78, 5) is 13.5. The number of carbonyl (C=O) groups excluding carboxylic acids is 1. The van der Waals surface area contributed by atoms with Crippen molar-refractivity contribution in [3.8, 4) is 0 Å². The molecule has 0 fully saturated rings. The van der Waals surface area contributed by atoms with Crippen molar-refractivity contribution < 1.29 is 4.79 Å². The number of alkyl halides is 1. The van der Waals surface area contributed by atoms with Gasteiger partial charge in [-0.2, -0.15) is 4.99 Å². The molecule has 0 saturated carbocycles. The van der Waals surface area contributed by atoms with Crippen molar-refractivity contribution in [1.82, 2.24) is 0 Å². The highest BCUT2D eigenvalue weighted by atomic mass is 79.9. The topological polar surface area (TPSA) is 29.4 Å². The Labute approximate surface area is 108 Å². The van der Waals surface area contributed by atoms with E-state index in [9.17, 15) is 4.79 Å². The lowest BCUT2D eigenvalue weighted by Gasteiger charge is -2.03. The average Bonchev–Trinajstić information content (AvgIpc) is 2.27. The first-order valence-electron chi connectivity index (χ1n) is 6.52. The van der Waals surface area contributed by atoms with E-state index in [1.54, 1.807) is 6.08 Å².